The van der Waals surface area contributed by atoms with Gasteiger partial charge >= 0.3 is 5.97 Å². The highest BCUT2D eigenvalue weighted by Gasteiger charge is 2.14. The summed E-state index contributed by atoms with van der Waals surface area (Å²) in [5.74, 6) is 1.88. The summed E-state index contributed by atoms with van der Waals surface area (Å²) in [7, 11) is 3.14. The van der Waals surface area contributed by atoms with Gasteiger partial charge < -0.3 is 19.5 Å². The van der Waals surface area contributed by atoms with Crippen molar-refractivity contribution in [1.82, 2.24) is 5.32 Å². The van der Waals surface area contributed by atoms with Crippen LogP contribution in [0, 0.1) is 5.92 Å². The van der Waals surface area contributed by atoms with Crippen molar-refractivity contribution in [3.05, 3.63) is 65.6 Å². The number of methoxy groups -OCH3 is 2. The van der Waals surface area contributed by atoms with Crippen LogP contribution in [0.2, 0.25) is 0 Å². The van der Waals surface area contributed by atoms with Gasteiger partial charge in [-0.15, -0.1) is 0 Å². The lowest BCUT2D eigenvalue weighted by Crippen LogP contribution is -2.16. The van der Waals surface area contributed by atoms with E-state index in [2.05, 4.69) is 37.4 Å². The molecule has 33 heavy (non-hydrogen) atoms. The van der Waals surface area contributed by atoms with Crippen LogP contribution in [0.5, 0.6) is 5.75 Å². The summed E-state index contributed by atoms with van der Waals surface area (Å²) < 4.78 is 16.2. The molecule has 0 aliphatic heterocycles. The van der Waals surface area contributed by atoms with Gasteiger partial charge in [-0.2, -0.15) is 0 Å². The first kappa shape index (κ1) is 28.3. The molecule has 0 fully saturated rings. The van der Waals surface area contributed by atoms with E-state index in [0.717, 1.165) is 62.3 Å². The highest BCUT2D eigenvalue weighted by molar-refractivity contribution is 5.69. The molecule has 0 saturated heterocycles. The fourth-order valence-electron chi connectivity index (χ4n) is 3.53. The summed E-state index contributed by atoms with van der Waals surface area (Å²) in [6.07, 6.45) is 14.6. The number of unbranched alkanes of at least 4 members (excludes halogenated alkanes) is 1. The Balaban J connectivity index is 2.49. The number of ether oxygens (including phenoxy) is 3. The number of nitrogens with one attached hydrogen (secondary N) is 1. The standard InChI is InChI=1S/C28H43NO4/c1-6-9-13-25(22-27(31-4)12-8-3)29-18-10-19-33-26-16-14-23(15-17-26)20-24(11-7-2)21-28(30)32-5/h8,12-17,22,24,29H,6-7,9-11,18-21H2,1-5H3/b12-8-,25-13-,27-22+. The first-order valence-electron chi connectivity index (χ1n) is 12.2. The molecule has 0 aliphatic carbocycles. The molecule has 5 nitrogen and oxygen atoms in total. The minimum atomic E-state index is -0.134. The Morgan fingerprint density at radius 2 is 1.85 bits per heavy atom. The minimum absolute atomic E-state index is 0.134. The molecule has 184 valence electrons. The van der Waals surface area contributed by atoms with Crippen molar-refractivity contribution >= 4 is 5.97 Å². The molecule has 1 N–H and O–H groups in total. The number of carbonyl (C=O) groups is 1. The van der Waals surface area contributed by atoms with E-state index in [1.165, 1.54) is 12.7 Å². The number of allylic oxidation sites excluding steroid dienone is 4. The third kappa shape index (κ3) is 12.8. The molecule has 1 rings (SSSR count). The van der Waals surface area contributed by atoms with Gasteiger partial charge in [-0.3, -0.25) is 4.79 Å². The number of esters is 1. The van der Waals surface area contributed by atoms with Crippen LogP contribution in [0.15, 0.2) is 60.0 Å². The lowest BCUT2D eigenvalue weighted by molar-refractivity contribution is -0.141. The number of benzene rings is 1. The van der Waals surface area contributed by atoms with E-state index in [-0.39, 0.29) is 5.97 Å². The molecule has 0 spiro atoms. The molecule has 1 unspecified atom stereocenters. The maximum atomic E-state index is 11.6. The Bertz CT molecular complexity index is 750. The maximum Gasteiger partial charge on any atom is 0.305 e. The van der Waals surface area contributed by atoms with Crippen LogP contribution < -0.4 is 10.1 Å². The lowest BCUT2D eigenvalue weighted by Gasteiger charge is -2.15. The lowest BCUT2D eigenvalue weighted by atomic mass is 9.92. The van der Waals surface area contributed by atoms with Crippen LogP contribution >= 0.6 is 0 Å². The van der Waals surface area contributed by atoms with Crippen molar-refractivity contribution in [2.75, 3.05) is 27.4 Å². The number of hydrogen-bond acceptors (Lipinski definition) is 5. The Hall–Kier alpha value is -2.69. The molecule has 0 amide bonds. The maximum absolute atomic E-state index is 11.6. The second-order valence-electron chi connectivity index (χ2n) is 8.11. The van der Waals surface area contributed by atoms with E-state index in [9.17, 15) is 4.79 Å². The van der Waals surface area contributed by atoms with Gasteiger partial charge in [-0.05, 0) is 62.3 Å². The molecule has 0 bridgehead atoms. The summed E-state index contributed by atoms with van der Waals surface area (Å²) in [6.45, 7) is 7.76. The highest BCUT2D eigenvalue weighted by atomic mass is 16.5. The molecular formula is C28H43NO4. The van der Waals surface area contributed by atoms with Crippen molar-refractivity contribution in [3.8, 4) is 5.75 Å². The molecule has 0 aromatic heterocycles. The van der Waals surface area contributed by atoms with Crippen LogP contribution in [-0.2, 0) is 20.7 Å². The van der Waals surface area contributed by atoms with E-state index in [1.54, 1.807) is 7.11 Å². The van der Waals surface area contributed by atoms with Crippen molar-refractivity contribution in [1.29, 1.82) is 0 Å². The zero-order chi connectivity index (χ0) is 24.3. The average molecular weight is 458 g/mol. The van der Waals surface area contributed by atoms with Crippen LogP contribution in [0.1, 0.15) is 64.9 Å². The van der Waals surface area contributed by atoms with E-state index in [0.29, 0.717) is 18.9 Å². The number of rotatable bonds is 17. The summed E-state index contributed by atoms with van der Waals surface area (Å²) in [6, 6.07) is 8.22. The predicted molar refractivity (Wildman–Crippen MR) is 136 cm³/mol. The zero-order valence-corrected chi connectivity index (χ0v) is 21.2. The van der Waals surface area contributed by atoms with E-state index < -0.39 is 0 Å². The van der Waals surface area contributed by atoms with Gasteiger partial charge in [0.25, 0.3) is 0 Å². The summed E-state index contributed by atoms with van der Waals surface area (Å²) in [5.41, 5.74) is 2.30. The molecule has 5 heteroatoms. The van der Waals surface area contributed by atoms with Gasteiger partial charge in [0.15, 0.2) is 0 Å². The van der Waals surface area contributed by atoms with Gasteiger partial charge in [0, 0.05) is 24.7 Å². The molecular weight excluding hydrogens is 414 g/mol. The largest absolute Gasteiger partial charge is 0.497 e. The SMILES string of the molecule is C\C=C/C(=C\C(=C\CCC)NCCCOc1ccc(CC(CCC)CC(=O)OC)cc1)OC. The molecule has 1 atom stereocenters. The van der Waals surface area contributed by atoms with E-state index in [1.807, 2.05) is 37.3 Å². The average Bonchev–Trinajstić information content (AvgIpc) is 2.82. The van der Waals surface area contributed by atoms with Gasteiger partial charge in [0.05, 0.1) is 20.8 Å². The fourth-order valence-corrected chi connectivity index (χ4v) is 3.53. The number of carbonyl (C=O) groups excluding carboxylic acids is 1. The molecule has 0 aliphatic rings. The normalized spacial score (nSPS) is 13.1. The van der Waals surface area contributed by atoms with Crippen LogP contribution in [0.25, 0.3) is 0 Å². The highest BCUT2D eigenvalue weighted by Crippen LogP contribution is 2.20. The predicted octanol–water partition coefficient (Wildman–Crippen LogP) is 6.36. The van der Waals surface area contributed by atoms with Crippen LogP contribution in [0.4, 0.5) is 0 Å². The first-order valence-corrected chi connectivity index (χ1v) is 12.2. The van der Waals surface area contributed by atoms with E-state index in [4.69, 9.17) is 14.2 Å². The Kier molecular flexibility index (Phi) is 15.3. The molecule has 0 saturated carbocycles. The van der Waals surface area contributed by atoms with E-state index >= 15 is 0 Å². The Morgan fingerprint density at radius 1 is 1.09 bits per heavy atom. The van der Waals surface area contributed by atoms with Gasteiger partial charge in [-0.1, -0.05) is 51.0 Å². The quantitative estimate of drug-likeness (QED) is 0.128. The third-order valence-corrected chi connectivity index (χ3v) is 5.26. The van der Waals surface area contributed by atoms with Gasteiger partial charge in [0.1, 0.15) is 11.5 Å². The second-order valence-corrected chi connectivity index (χ2v) is 8.11. The van der Waals surface area contributed by atoms with Crippen molar-refractivity contribution < 1.29 is 19.0 Å². The van der Waals surface area contributed by atoms with Crippen LogP contribution in [0.3, 0.4) is 0 Å². The van der Waals surface area contributed by atoms with Crippen molar-refractivity contribution in [3.63, 3.8) is 0 Å². The first-order chi connectivity index (χ1) is 16.1. The molecule has 1 aromatic carbocycles. The zero-order valence-electron chi connectivity index (χ0n) is 21.2. The second kappa shape index (κ2) is 17.8. The summed E-state index contributed by atoms with van der Waals surface area (Å²) in [4.78, 5) is 11.6. The molecule has 1 aromatic rings. The minimum Gasteiger partial charge on any atom is -0.497 e. The van der Waals surface area contributed by atoms with Crippen molar-refractivity contribution in [2.45, 2.75) is 65.7 Å². The third-order valence-electron chi connectivity index (χ3n) is 5.26. The summed E-state index contributed by atoms with van der Waals surface area (Å²) in [5, 5.41) is 3.48. The monoisotopic (exact) mass is 457 g/mol. The Labute approximate surface area is 200 Å². The molecule has 0 heterocycles. The summed E-state index contributed by atoms with van der Waals surface area (Å²) >= 11 is 0. The smallest absolute Gasteiger partial charge is 0.305 e. The topological polar surface area (TPSA) is 56.8 Å². The van der Waals surface area contributed by atoms with Crippen molar-refractivity contribution in [2.24, 2.45) is 5.92 Å². The number of hydrogen-bond donors (Lipinski definition) is 1. The van der Waals surface area contributed by atoms with Gasteiger partial charge in [0.2, 0.25) is 0 Å². The Morgan fingerprint density at radius 3 is 2.45 bits per heavy atom. The molecule has 0 radical (unpaired) electrons. The van der Waals surface area contributed by atoms with Crippen LogP contribution in [-0.4, -0.2) is 33.3 Å². The van der Waals surface area contributed by atoms with Gasteiger partial charge in [-0.25, -0.2) is 0 Å². The fraction of sp³-hybridized carbons (Fsp3) is 0.536.